The topological polar surface area (TPSA) is 15.3 Å². The lowest BCUT2D eigenvalue weighted by Crippen LogP contribution is -2.22. The summed E-state index contributed by atoms with van der Waals surface area (Å²) in [5.74, 6) is 0.418. The monoisotopic (exact) mass is 284 g/mol. The minimum Gasteiger partial charge on any atom is -0.371 e. The summed E-state index contributed by atoms with van der Waals surface area (Å²) in [5, 5.41) is 3.06. The zero-order valence-corrected chi connectivity index (χ0v) is 12.3. The van der Waals surface area contributed by atoms with Crippen LogP contribution in [0, 0.1) is 5.82 Å². The summed E-state index contributed by atoms with van der Waals surface area (Å²) in [7, 11) is 1.85. The molecule has 1 unspecified atom stereocenters. The third-order valence-electron chi connectivity index (χ3n) is 4.25. The molecule has 2 nitrogen and oxygen atoms in total. The smallest absolute Gasteiger partial charge is 0.129 e. The van der Waals surface area contributed by atoms with Gasteiger partial charge < -0.3 is 10.2 Å². The van der Waals surface area contributed by atoms with Gasteiger partial charge in [-0.1, -0.05) is 36.4 Å². The van der Waals surface area contributed by atoms with E-state index in [0.29, 0.717) is 12.5 Å². The third kappa shape index (κ3) is 2.93. The number of nitrogens with zero attached hydrogens (tertiary/aromatic N) is 1. The van der Waals surface area contributed by atoms with E-state index in [2.05, 4.69) is 34.5 Å². The van der Waals surface area contributed by atoms with Crippen molar-refractivity contribution in [3.05, 3.63) is 65.5 Å². The van der Waals surface area contributed by atoms with Gasteiger partial charge in [-0.25, -0.2) is 4.39 Å². The van der Waals surface area contributed by atoms with Crippen LogP contribution >= 0.6 is 0 Å². The summed E-state index contributed by atoms with van der Waals surface area (Å²) in [6.45, 7) is 2.51. The van der Waals surface area contributed by atoms with Gasteiger partial charge >= 0.3 is 0 Å². The van der Waals surface area contributed by atoms with Gasteiger partial charge in [-0.15, -0.1) is 0 Å². The molecular formula is C18H21FN2. The van der Waals surface area contributed by atoms with Crippen LogP contribution in [0.5, 0.6) is 0 Å². The Morgan fingerprint density at radius 1 is 1.14 bits per heavy atom. The maximum Gasteiger partial charge on any atom is 0.129 e. The second-order valence-corrected chi connectivity index (χ2v) is 5.61. The fourth-order valence-corrected chi connectivity index (χ4v) is 3.17. The molecule has 0 aliphatic carbocycles. The van der Waals surface area contributed by atoms with Crippen molar-refractivity contribution in [3.63, 3.8) is 0 Å². The Bertz CT molecular complexity index is 597. The normalized spacial score (nSPS) is 18.2. The molecule has 21 heavy (non-hydrogen) atoms. The molecule has 1 heterocycles. The summed E-state index contributed by atoms with van der Waals surface area (Å²) in [6, 6.07) is 16.0. The first-order valence-corrected chi connectivity index (χ1v) is 7.51. The summed E-state index contributed by atoms with van der Waals surface area (Å²) in [4.78, 5) is 2.31. The molecule has 0 amide bonds. The molecule has 2 aromatic rings. The van der Waals surface area contributed by atoms with Crippen molar-refractivity contribution >= 4 is 5.69 Å². The van der Waals surface area contributed by atoms with Crippen LogP contribution < -0.4 is 10.2 Å². The van der Waals surface area contributed by atoms with E-state index >= 15 is 0 Å². The number of hydrogen-bond acceptors (Lipinski definition) is 2. The highest BCUT2D eigenvalue weighted by Gasteiger charge is 2.25. The summed E-state index contributed by atoms with van der Waals surface area (Å²) in [6.07, 6.45) is 1.12. The van der Waals surface area contributed by atoms with E-state index in [0.717, 1.165) is 30.8 Å². The molecule has 0 saturated carbocycles. The zero-order valence-electron chi connectivity index (χ0n) is 12.3. The lowest BCUT2D eigenvalue weighted by molar-refractivity contribution is 0.600. The molecule has 0 bridgehead atoms. The minimum atomic E-state index is -0.120. The Hall–Kier alpha value is -1.87. The molecule has 1 N–H and O–H groups in total. The molecule has 2 aromatic carbocycles. The highest BCUT2D eigenvalue weighted by atomic mass is 19.1. The first kappa shape index (κ1) is 14.1. The fraction of sp³-hybridized carbons (Fsp3) is 0.333. The third-order valence-corrected chi connectivity index (χ3v) is 4.25. The molecule has 1 aliphatic rings. The maximum atomic E-state index is 14.0. The Balaban J connectivity index is 1.82. The lowest BCUT2D eigenvalue weighted by atomic mass is 9.99. The van der Waals surface area contributed by atoms with Crippen molar-refractivity contribution in [1.82, 2.24) is 5.32 Å². The van der Waals surface area contributed by atoms with E-state index in [4.69, 9.17) is 0 Å². The first-order chi connectivity index (χ1) is 10.3. The number of halogens is 1. The highest BCUT2D eigenvalue weighted by Crippen LogP contribution is 2.33. The first-order valence-electron chi connectivity index (χ1n) is 7.51. The van der Waals surface area contributed by atoms with Crippen LogP contribution in [0.3, 0.4) is 0 Å². The zero-order chi connectivity index (χ0) is 14.7. The maximum absolute atomic E-state index is 14.0. The number of anilines is 1. The minimum absolute atomic E-state index is 0.120. The van der Waals surface area contributed by atoms with Crippen LogP contribution in [0.2, 0.25) is 0 Å². The van der Waals surface area contributed by atoms with Crippen molar-refractivity contribution in [2.24, 2.45) is 0 Å². The van der Waals surface area contributed by atoms with Crippen LogP contribution in [0.15, 0.2) is 48.5 Å². The Morgan fingerprint density at radius 3 is 2.71 bits per heavy atom. The molecule has 1 fully saturated rings. The number of benzene rings is 2. The fourth-order valence-electron chi connectivity index (χ4n) is 3.17. The van der Waals surface area contributed by atoms with Crippen LogP contribution in [0.25, 0.3) is 0 Å². The average Bonchev–Trinajstić information content (AvgIpc) is 3.00. The van der Waals surface area contributed by atoms with Gasteiger partial charge in [0.05, 0.1) is 0 Å². The average molecular weight is 284 g/mol. The molecule has 0 spiro atoms. The predicted molar refractivity (Wildman–Crippen MR) is 85.2 cm³/mol. The van der Waals surface area contributed by atoms with E-state index in [1.165, 1.54) is 5.56 Å². The summed E-state index contributed by atoms with van der Waals surface area (Å²) < 4.78 is 14.0. The lowest BCUT2D eigenvalue weighted by Gasteiger charge is -2.22. The van der Waals surface area contributed by atoms with E-state index < -0.39 is 0 Å². The van der Waals surface area contributed by atoms with Gasteiger partial charge in [-0.3, -0.25) is 0 Å². The molecule has 3 rings (SSSR count). The van der Waals surface area contributed by atoms with Crippen LogP contribution in [0.4, 0.5) is 10.1 Å². The second-order valence-electron chi connectivity index (χ2n) is 5.61. The molecule has 3 heteroatoms. The highest BCUT2D eigenvalue weighted by molar-refractivity contribution is 5.55. The van der Waals surface area contributed by atoms with Crippen LogP contribution in [0.1, 0.15) is 23.5 Å². The van der Waals surface area contributed by atoms with Crippen molar-refractivity contribution in [1.29, 1.82) is 0 Å². The van der Waals surface area contributed by atoms with Crippen molar-refractivity contribution < 1.29 is 4.39 Å². The second kappa shape index (κ2) is 6.27. The van der Waals surface area contributed by atoms with Crippen molar-refractivity contribution in [3.8, 4) is 0 Å². The molecule has 1 aliphatic heterocycles. The predicted octanol–water partition coefficient (Wildman–Crippen LogP) is 3.54. The van der Waals surface area contributed by atoms with Gasteiger partial charge in [0.25, 0.3) is 0 Å². The molecule has 110 valence electrons. The summed E-state index contributed by atoms with van der Waals surface area (Å²) in [5.41, 5.74) is 3.18. The molecule has 0 radical (unpaired) electrons. The largest absolute Gasteiger partial charge is 0.371 e. The van der Waals surface area contributed by atoms with E-state index in [-0.39, 0.29) is 5.82 Å². The van der Waals surface area contributed by atoms with Gasteiger partial charge in [0.2, 0.25) is 0 Å². The molecular weight excluding hydrogens is 263 g/mol. The van der Waals surface area contributed by atoms with Crippen molar-refractivity contribution in [2.75, 3.05) is 25.0 Å². The van der Waals surface area contributed by atoms with Crippen molar-refractivity contribution in [2.45, 2.75) is 18.9 Å². The van der Waals surface area contributed by atoms with Gasteiger partial charge in [0.15, 0.2) is 0 Å². The molecule has 0 aromatic heterocycles. The standard InChI is InChI=1S/C18H21FN2/c1-20-12-16-17(19)8-5-9-18(16)21-11-10-15(13-21)14-6-3-2-4-7-14/h2-9,15,20H,10-13H2,1H3. The Kier molecular flexibility index (Phi) is 4.20. The van der Waals surface area contributed by atoms with Gasteiger partial charge in [0, 0.05) is 36.8 Å². The molecule has 1 atom stereocenters. The Labute approximate surface area is 125 Å². The van der Waals surface area contributed by atoms with E-state index in [9.17, 15) is 4.39 Å². The van der Waals surface area contributed by atoms with Gasteiger partial charge in [-0.05, 0) is 31.2 Å². The summed E-state index contributed by atoms with van der Waals surface area (Å²) >= 11 is 0. The number of hydrogen-bond donors (Lipinski definition) is 1. The van der Waals surface area contributed by atoms with Gasteiger partial charge in [0.1, 0.15) is 5.82 Å². The van der Waals surface area contributed by atoms with Crippen LogP contribution in [-0.4, -0.2) is 20.1 Å². The van der Waals surface area contributed by atoms with Crippen LogP contribution in [-0.2, 0) is 6.54 Å². The quantitative estimate of drug-likeness (QED) is 0.924. The Morgan fingerprint density at radius 2 is 1.95 bits per heavy atom. The van der Waals surface area contributed by atoms with Gasteiger partial charge in [-0.2, -0.15) is 0 Å². The SMILES string of the molecule is CNCc1c(F)cccc1N1CCC(c2ccccc2)C1. The van der Waals surface area contributed by atoms with E-state index in [1.807, 2.05) is 19.2 Å². The number of rotatable bonds is 4. The number of nitrogens with one attached hydrogen (secondary N) is 1. The van der Waals surface area contributed by atoms with E-state index in [1.54, 1.807) is 12.1 Å². The molecule has 1 saturated heterocycles.